The van der Waals surface area contributed by atoms with Gasteiger partial charge in [0.05, 0.1) is 6.10 Å². The molecule has 0 amide bonds. The van der Waals surface area contributed by atoms with E-state index in [4.69, 9.17) is 0 Å². The third kappa shape index (κ3) is 4.16. The van der Waals surface area contributed by atoms with Crippen molar-refractivity contribution >= 4 is 11.3 Å². The second kappa shape index (κ2) is 7.21. The second-order valence-corrected chi connectivity index (χ2v) is 7.11. The number of hydrogen-bond acceptors (Lipinski definition) is 3. The summed E-state index contributed by atoms with van der Waals surface area (Å²) in [5, 5.41) is 13.1. The van der Waals surface area contributed by atoms with Crippen LogP contribution in [0.2, 0.25) is 0 Å². The zero-order valence-corrected chi connectivity index (χ0v) is 13.1. The van der Waals surface area contributed by atoms with Gasteiger partial charge in [0, 0.05) is 16.3 Å². The summed E-state index contributed by atoms with van der Waals surface area (Å²) in [5.74, 6) is 0.738. The summed E-state index contributed by atoms with van der Waals surface area (Å²) < 4.78 is 0. The Morgan fingerprint density at radius 1 is 1.00 bits per heavy atom. The Kier molecular flexibility index (Phi) is 5.07. The lowest BCUT2D eigenvalue weighted by Crippen LogP contribution is -2.27. The molecule has 1 aromatic carbocycles. The lowest BCUT2D eigenvalue weighted by atomic mass is 9.87. The minimum Gasteiger partial charge on any atom is -0.393 e. The van der Waals surface area contributed by atoms with Crippen LogP contribution in [-0.2, 0) is 6.54 Å². The van der Waals surface area contributed by atoms with Crippen LogP contribution in [0.15, 0.2) is 42.5 Å². The molecule has 1 saturated carbocycles. The monoisotopic (exact) mass is 301 g/mol. The predicted molar refractivity (Wildman–Crippen MR) is 89.4 cm³/mol. The highest BCUT2D eigenvalue weighted by atomic mass is 32.1. The van der Waals surface area contributed by atoms with E-state index in [9.17, 15) is 5.11 Å². The van der Waals surface area contributed by atoms with Crippen LogP contribution in [0.25, 0.3) is 10.4 Å². The first-order valence-electron chi connectivity index (χ1n) is 7.84. The molecular weight excluding hydrogens is 278 g/mol. The van der Waals surface area contributed by atoms with Crippen LogP contribution in [0.3, 0.4) is 0 Å². The molecule has 21 heavy (non-hydrogen) atoms. The van der Waals surface area contributed by atoms with Crippen molar-refractivity contribution < 1.29 is 5.11 Å². The number of thiophene rings is 1. The molecule has 112 valence electrons. The summed E-state index contributed by atoms with van der Waals surface area (Å²) in [4.78, 5) is 2.73. The van der Waals surface area contributed by atoms with Crippen molar-refractivity contribution in [3.05, 3.63) is 47.3 Å². The van der Waals surface area contributed by atoms with Gasteiger partial charge in [0.1, 0.15) is 0 Å². The largest absolute Gasteiger partial charge is 0.393 e. The number of nitrogens with one attached hydrogen (secondary N) is 1. The van der Waals surface area contributed by atoms with Crippen LogP contribution in [0.4, 0.5) is 0 Å². The highest BCUT2D eigenvalue weighted by Gasteiger charge is 2.18. The van der Waals surface area contributed by atoms with Crippen LogP contribution in [0.1, 0.15) is 30.6 Å². The molecule has 0 atom stereocenters. The smallest absolute Gasteiger partial charge is 0.0540 e. The van der Waals surface area contributed by atoms with Crippen molar-refractivity contribution in [3.8, 4) is 10.4 Å². The number of aliphatic hydroxyl groups excluding tert-OH is 1. The second-order valence-electron chi connectivity index (χ2n) is 5.94. The highest BCUT2D eigenvalue weighted by molar-refractivity contribution is 7.15. The number of aliphatic hydroxyl groups is 1. The molecule has 3 rings (SSSR count). The molecule has 0 unspecified atom stereocenters. The standard InChI is InChI=1S/C18H23NOS/c20-16-8-6-14(7-9-16)12-19-13-17-10-11-18(21-17)15-4-2-1-3-5-15/h1-5,10-11,14,16,19-20H,6-9,12-13H2. The molecular formula is C18H23NOS. The van der Waals surface area contributed by atoms with E-state index in [1.807, 2.05) is 11.3 Å². The normalized spacial score (nSPS) is 22.3. The Balaban J connectivity index is 1.47. The van der Waals surface area contributed by atoms with Crippen molar-refractivity contribution in [1.82, 2.24) is 5.32 Å². The van der Waals surface area contributed by atoms with E-state index >= 15 is 0 Å². The Morgan fingerprint density at radius 2 is 1.76 bits per heavy atom. The lowest BCUT2D eigenvalue weighted by Gasteiger charge is -2.25. The van der Waals surface area contributed by atoms with E-state index in [1.165, 1.54) is 15.3 Å². The first kappa shape index (κ1) is 14.8. The summed E-state index contributed by atoms with van der Waals surface area (Å²) in [6.45, 7) is 2.03. The summed E-state index contributed by atoms with van der Waals surface area (Å²) in [7, 11) is 0. The Hall–Kier alpha value is -1.16. The minimum atomic E-state index is -0.0491. The van der Waals surface area contributed by atoms with Crippen molar-refractivity contribution in [2.75, 3.05) is 6.54 Å². The molecule has 2 nitrogen and oxygen atoms in total. The van der Waals surface area contributed by atoms with Crippen LogP contribution < -0.4 is 5.32 Å². The van der Waals surface area contributed by atoms with Crippen molar-refractivity contribution in [2.24, 2.45) is 5.92 Å². The minimum absolute atomic E-state index is 0.0491. The van der Waals surface area contributed by atoms with Gasteiger partial charge < -0.3 is 10.4 Å². The molecule has 1 aliphatic carbocycles. The van der Waals surface area contributed by atoms with E-state index in [-0.39, 0.29) is 6.10 Å². The molecule has 1 aromatic heterocycles. The van der Waals surface area contributed by atoms with Gasteiger partial charge in [-0.1, -0.05) is 30.3 Å². The van der Waals surface area contributed by atoms with E-state index in [1.54, 1.807) is 0 Å². The molecule has 0 saturated heterocycles. The fourth-order valence-electron chi connectivity index (χ4n) is 2.98. The third-order valence-corrected chi connectivity index (χ3v) is 5.40. The van der Waals surface area contributed by atoms with Crippen molar-refractivity contribution in [2.45, 2.75) is 38.3 Å². The summed E-state index contributed by atoms with van der Waals surface area (Å²) in [5.41, 5.74) is 1.30. The van der Waals surface area contributed by atoms with Gasteiger partial charge in [0.15, 0.2) is 0 Å². The average Bonchev–Trinajstić information content (AvgIpc) is 2.99. The van der Waals surface area contributed by atoms with Gasteiger partial charge in [-0.2, -0.15) is 0 Å². The Labute approximate surface area is 130 Å². The van der Waals surface area contributed by atoms with Gasteiger partial charge in [-0.05, 0) is 55.8 Å². The number of hydrogen-bond donors (Lipinski definition) is 2. The predicted octanol–water partition coefficient (Wildman–Crippen LogP) is 4.06. The summed E-state index contributed by atoms with van der Waals surface area (Å²) in [6.07, 6.45) is 4.22. The SMILES string of the molecule is OC1CCC(CNCc2ccc(-c3ccccc3)s2)CC1. The van der Waals surface area contributed by atoms with Gasteiger partial charge in [-0.3, -0.25) is 0 Å². The molecule has 0 aliphatic heterocycles. The molecule has 2 N–H and O–H groups in total. The fourth-order valence-corrected chi connectivity index (χ4v) is 3.96. The maximum Gasteiger partial charge on any atom is 0.0540 e. The molecule has 1 fully saturated rings. The summed E-state index contributed by atoms with van der Waals surface area (Å²) in [6, 6.07) is 15.0. The quantitative estimate of drug-likeness (QED) is 0.873. The highest BCUT2D eigenvalue weighted by Crippen LogP contribution is 2.28. The molecule has 0 radical (unpaired) electrons. The molecule has 2 aromatic rings. The van der Waals surface area contributed by atoms with Gasteiger partial charge in [0.25, 0.3) is 0 Å². The van der Waals surface area contributed by atoms with Gasteiger partial charge in [-0.25, -0.2) is 0 Å². The summed E-state index contributed by atoms with van der Waals surface area (Å²) >= 11 is 1.87. The van der Waals surface area contributed by atoms with Crippen LogP contribution in [0.5, 0.6) is 0 Å². The fraction of sp³-hybridized carbons (Fsp3) is 0.444. The maximum absolute atomic E-state index is 9.52. The van der Waals surface area contributed by atoms with Gasteiger partial charge >= 0.3 is 0 Å². The maximum atomic E-state index is 9.52. The van der Waals surface area contributed by atoms with Gasteiger partial charge in [0.2, 0.25) is 0 Å². The number of benzene rings is 1. The number of rotatable bonds is 5. The molecule has 1 aliphatic rings. The first-order chi connectivity index (χ1) is 10.3. The Morgan fingerprint density at radius 3 is 2.52 bits per heavy atom. The van der Waals surface area contributed by atoms with Crippen molar-refractivity contribution in [3.63, 3.8) is 0 Å². The first-order valence-corrected chi connectivity index (χ1v) is 8.66. The zero-order chi connectivity index (χ0) is 14.5. The van der Waals surface area contributed by atoms with Crippen LogP contribution >= 0.6 is 11.3 Å². The van der Waals surface area contributed by atoms with E-state index < -0.39 is 0 Å². The van der Waals surface area contributed by atoms with E-state index in [2.05, 4.69) is 47.8 Å². The van der Waals surface area contributed by atoms with Crippen LogP contribution in [-0.4, -0.2) is 17.8 Å². The van der Waals surface area contributed by atoms with E-state index in [0.29, 0.717) is 0 Å². The molecule has 3 heteroatoms. The molecule has 0 spiro atoms. The Bertz CT molecular complexity index is 543. The van der Waals surface area contributed by atoms with Crippen LogP contribution in [0, 0.1) is 5.92 Å². The molecule has 0 bridgehead atoms. The third-order valence-electron chi connectivity index (χ3n) is 4.27. The lowest BCUT2D eigenvalue weighted by molar-refractivity contribution is 0.108. The molecule has 1 heterocycles. The van der Waals surface area contributed by atoms with Crippen molar-refractivity contribution in [1.29, 1.82) is 0 Å². The zero-order valence-electron chi connectivity index (χ0n) is 12.3. The van der Waals surface area contributed by atoms with Gasteiger partial charge in [-0.15, -0.1) is 11.3 Å². The van der Waals surface area contributed by atoms with E-state index in [0.717, 1.165) is 44.7 Å². The topological polar surface area (TPSA) is 32.3 Å². The average molecular weight is 301 g/mol.